The Morgan fingerprint density at radius 2 is 2.12 bits per heavy atom. The van der Waals surface area contributed by atoms with Gasteiger partial charge in [0.15, 0.2) is 0 Å². The molecule has 1 aromatic carbocycles. The summed E-state index contributed by atoms with van der Waals surface area (Å²) in [7, 11) is 1.70. The molecule has 0 bridgehead atoms. The first kappa shape index (κ1) is 12.1. The third kappa shape index (κ3) is 1.94. The molecule has 6 heteroatoms. The van der Waals surface area contributed by atoms with Crippen LogP contribution in [-0.2, 0) is 0 Å². The zero-order valence-corrected chi connectivity index (χ0v) is 11.0. The van der Waals surface area contributed by atoms with E-state index < -0.39 is 5.69 Å². The first-order valence-electron chi connectivity index (χ1n) is 5.16. The van der Waals surface area contributed by atoms with Crippen LogP contribution in [0.2, 0.25) is 0 Å². The smallest absolute Gasteiger partial charge is 0.307 e. The monoisotopic (exact) mass is 297 g/mol. The van der Waals surface area contributed by atoms with Crippen LogP contribution in [0.4, 0.5) is 0 Å². The Bertz CT molecular complexity index is 674. The maximum absolute atomic E-state index is 12.2. The molecule has 5 nitrogen and oxygen atoms in total. The van der Waals surface area contributed by atoms with Crippen molar-refractivity contribution in [3.63, 3.8) is 0 Å². The Morgan fingerprint density at radius 3 is 2.76 bits per heavy atom. The van der Waals surface area contributed by atoms with Crippen LogP contribution in [-0.4, -0.2) is 16.6 Å². The predicted molar refractivity (Wildman–Crippen MR) is 70.3 cm³/mol. The van der Waals surface area contributed by atoms with Crippen LogP contribution >= 0.6 is 15.9 Å². The van der Waals surface area contributed by atoms with Gasteiger partial charge in [0, 0.05) is 4.47 Å². The van der Waals surface area contributed by atoms with E-state index in [-0.39, 0.29) is 11.7 Å². The fourth-order valence-corrected chi connectivity index (χ4v) is 2.25. The highest BCUT2D eigenvalue weighted by atomic mass is 79.9. The number of halogens is 1. The Balaban J connectivity index is 2.94. The molecule has 1 unspecified atom stereocenters. The highest BCUT2D eigenvalue weighted by Crippen LogP contribution is 2.17. The number of aromatic nitrogens is 2. The van der Waals surface area contributed by atoms with Crippen molar-refractivity contribution >= 4 is 26.8 Å². The van der Waals surface area contributed by atoms with Gasteiger partial charge in [0.2, 0.25) is 0 Å². The summed E-state index contributed by atoms with van der Waals surface area (Å²) >= 11 is 3.32. The highest BCUT2D eigenvalue weighted by Gasteiger charge is 2.13. The van der Waals surface area contributed by atoms with Crippen LogP contribution in [0.25, 0.3) is 10.9 Å². The molecule has 1 atom stereocenters. The third-order valence-corrected chi connectivity index (χ3v) is 3.37. The first-order chi connectivity index (χ1) is 8.06. The Morgan fingerprint density at radius 1 is 1.41 bits per heavy atom. The molecule has 2 aromatic rings. The minimum Gasteiger partial charge on any atom is -0.307 e. The molecule has 0 spiro atoms. The standard InChI is InChI=1S/C11H12BrN3O2/c1-6(13-2)15-10(16)9-7(12)4-3-5-8(9)14-11(15)17/h3-6,13H,1-2H3,(H,14,17). The maximum atomic E-state index is 12.2. The van der Waals surface area contributed by atoms with Gasteiger partial charge in [0.25, 0.3) is 5.56 Å². The van der Waals surface area contributed by atoms with Crippen LogP contribution in [0.5, 0.6) is 0 Å². The van der Waals surface area contributed by atoms with Crippen LogP contribution in [0.3, 0.4) is 0 Å². The SMILES string of the molecule is CNC(C)n1c(=O)[nH]c2cccc(Br)c2c1=O. The molecule has 0 aliphatic rings. The van der Waals surface area contributed by atoms with Crippen molar-refractivity contribution in [2.75, 3.05) is 7.05 Å². The molecule has 0 amide bonds. The minimum absolute atomic E-state index is 0.307. The van der Waals surface area contributed by atoms with Gasteiger partial charge in [-0.25, -0.2) is 9.36 Å². The lowest BCUT2D eigenvalue weighted by atomic mass is 10.2. The van der Waals surface area contributed by atoms with Crippen LogP contribution in [0.15, 0.2) is 32.3 Å². The number of benzene rings is 1. The minimum atomic E-state index is -0.414. The fraction of sp³-hybridized carbons (Fsp3) is 0.273. The van der Waals surface area contributed by atoms with E-state index in [0.29, 0.717) is 15.4 Å². The summed E-state index contributed by atoms with van der Waals surface area (Å²) in [4.78, 5) is 26.8. The number of hydrogen-bond donors (Lipinski definition) is 2. The second kappa shape index (κ2) is 4.46. The summed E-state index contributed by atoms with van der Waals surface area (Å²) in [5, 5.41) is 3.36. The summed E-state index contributed by atoms with van der Waals surface area (Å²) in [6.45, 7) is 1.75. The molecular formula is C11H12BrN3O2. The number of fused-ring (bicyclic) bond motifs is 1. The van der Waals surface area contributed by atoms with E-state index in [4.69, 9.17) is 0 Å². The quantitative estimate of drug-likeness (QED) is 0.875. The lowest BCUT2D eigenvalue weighted by molar-refractivity contribution is 0.447. The average molecular weight is 298 g/mol. The van der Waals surface area contributed by atoms with Gasteiger partial charge in [-0.05, 0) is 42.0 Å². The summed E-state index contributed by atoms with van der Waals surface area (Å²) in [5.74, 6) is 0. The van der Waals surface area contributed by atoms with Crippen LogP contribution in [0.1, 0.15) is 13.1 Å². The van der Waals surface area contributed by atoms with Gasteiger partial charge >= 0.3 is 5.69 Å². The van der Waals surface area contributed by atoms with Gasteiger partial charge in [-0.15, -0.1) is 0 Å². The molecule has 0 fully saturated rings. The molecule has 90 valence electrons. The number of nitrogens with zero attached hydrogens (tertiary/aromatic N) is 1. The molecule has 2 rings (SSSR count). The van der Waals surface area contributed by atoms with Crippen molar-refractivity contribution in [2.24, 2.45) is 0 Å². The number of rotatable bonds is 2. The summed E-state index contributed by atoms with van der Waals surface area (Å²) in [6, 6.07) is 5.25. The van der Waals surface area contributed by atoms with Crippen LogP contribution in [0, 0.1) is 0 Å². The van der Waals surface area contributed by atoms with Gasteiger partial charge in [-0.3, -0.25) is 4.79 Å². The van der Waals surface area contributed by atoms with Gasteiger partial charge in [-0.2, -0.15) is 0 Å². The van der Waals surface area contributed by atoms with Crippen molar-refractivity contribution in [3.05, 3.63) is 43.5 Å². The third-order valence-electron chi connectivity index (χ3n) is 2.71. The van der Waals surface area contributed by atoms with Crippen molar-refractivity contribution in [1.82, 2.24) is 14.9 Å². The first-order valence-corrected chi connectivity index (χ1v) is 5.96. The van der Waals surface area contributed by atoms with Gasteiger partial charge in [-0.1, -0.05) is 6.07 Å². The summed E-state index contributed by atoms with van der Waals surface area (Å²) < 4.78 is 1.83. The molecule has 0 saturated carbocycles. The number of H-pyrrole nitrogens is 1. The van der Waals surface area contributed by atoms with E-state index in [9.17, 15) is 9.59 Å². The molecule has 0 aliphatic carbocycles. The number of aromatic amines is 1. The lowest BCUT2D eigenvalue weighted by Gasteiger charge is -2.13. The Labute approximate surface area is 106 Å². The van der Waals surface area contributed by atoms with Crippen molar-refractivity contribution in [1.29, 1.82) is 0 Å². The van der Waals surface area contributed by atoms with Gasteiger partial charge in [0.05, 0.1) is 17.1 Å². The Hall–Kier alpha value is -1.40. The van der Waals surface area contributed by atoms with E-state index >= 15 is 0 Å². The summed E-state index contributed by atoms with van der Waals surface area (Å²) in [6.07, 6.45) is -0.359. The van der Waals surface area contributed by atoms with Gasteiger partial charge in [0.1, 0.15) is 0 Å². The summed E-state index contributed by atoms with van der Waals surface area (Å²) in [5.41, 5.74) is -0.186. The molecule has 0 radical (unpaired) electrons. The van der Waals surface area contributed by atoms with Crippen molar-refractivity contribution in [2.45, 2.75) is 13.1 Å². The molecule has 1 aromatic heterocycles. The molecule has 0 saturated heterocycles. The molecule has 2 N–H and O–H groups in total. The maximum Gasteiger partial charge on any atom is 0.330 e. The predicted octanol–water partition coefficient (Wildman–Crippen LogP) is 1.19. The lowest BCUT2D eigenvalue weighted by Crippen LogP contribution is -2.41. The zero-order valence-electron chi connectivity index (χ0n) is 9.45. The number of hydrogen-bond acceptors (Lipinski definition) is 3. The fourth-order valence-electron chi connectivity index (χ4n) is 1.71. The van der Waals surface area contributed by atoms with E-state index in [1.807, 2.05) is 0 Å². The van der Waals surface area contributed by atoms with Crippen molar-refractivity contribution in [3.8, 4) is 0 Å². The zero-order chi connectivity index (χ0) is 12.6. The number of nitrogens with one attached hydrogen (secondary N) is 2. The molecule has 1 heterocycles. The Kier molecular flexibility index (Phi) is 3.17. The van der Waals surface area contributed by atoms with E-state index in [2.05, 4.69) is 26.2 Å². The molecular weight excluding hydrogens is 286 g/mol. The van der Waals surface area contributed by atoms with E-state index in [1.165, 1.54) is 0 Å². The van der Waals surface area contributed by atoms with Gasteiger partial charge < -0.3 is 10.3 Å². The van der Waals surface area contributed by atoms with Crippen molar-refractivity contribution < 1.29 is 0 Å². The van der Waals surface area contributed by atoms with Crippen LogP contribution < -0.4 is 16.6 Å². The van der Waals surface area contributed by atoms with E-state index in [0.717, 1.165) is 4.57 Å². The van der Waals surface area contributed by atoms with E-state index in [1.54, 1.807) is 32.2 Å². The average Bonchev–Trinajstić information content (AvgIpc) is 2.28. The highest BCUT2D eigenvalue weighted by molar-refractivity contribution is 9.10. The normalized spacial score (nSPS) is 12.9. The second-order valence-electron chi connectivity index (χ2n) is 3.73. The largest absolute Gasteiger partial charge is 0.330 e. The topological polar surface area (TPSA) is 66.9 Å². The second-order valence-corrected chi connectivity index (χ2v) is 4.59. The molecule has 17 heavy (non-hydrogen) atoms. The molecule has 0 aliphatic heterocycles.